The molecule has 1 aliphatic rings. The number of hydrogen-bond donors (Lipinski definition) is 2. The zero-order chi connectivity index (χ0) is 19.2. The van der Waals surface area contributed by atoms with Crippen molar-refractivity contribution in [3.8, 4) is 0 Å². The Balaban J connectivity index is 1.73. The molecule has 2 rings (SSSR count). The summed E-state index contributed by atoms with van der Waals surface area (Å²) in [6, 6.07) is 1.71. The van der Waals surface area contributed by atoms with Crippen LogP contribution in [0.1, 0.15) is 19.3 Å². The molecule has 0 bridgehead atoms. The number of alkyl halides is 3. The summed E-state index contributed by atoms with van der Waals surface area (Å²) in [5.41, 5.74) is -5.25. The molecule has 0 radical (unpaired) electrons. The van der Waals surface area contributed by atoms with Gasteiger partial charge in [0.1, 0.15) is 0 Å². The molecule has 0 atom stereocenters. The number of aryl methyl sites for hydroxylation is 1. The number of nitrogens with one attached hydrogen (secondary N) is 2. The molecular formula is C14H23F3N6O2S. The molecule has 0 saturated carbocycles. The van der Waals surface area contributed by atoms with E-state index in [1.807, 2.05) is 16.9 Å². The Morgan fingerprint density at radius 2 is 2.04 bits per heavy atom. The average molecular weight is 396 g/mol. The van der Waals surface area contributed by atoms with Gasteiger partial charge >= 0.3 is 15.5 Å². The van der Waals surface area contributed by atoms with Crippen LogP contribution >= 0.6 is 0 Å². The minimum atomic E-state index is -5.25. The molecular weight excluding hydrogens is 373 g/mol. The van der Waals surface area contributed by atoms with Crippen LogP contribution in [0, 0.1) is 0 Å². The lowest BCUT2D eigenvalue weighted by Gasteiger charge is -2.32. The van der Waals surface area contributed by atoms with Crippen molar-refractivity contribution in [3.05, 3.63) is 18.5 Å². The van der Waals surface area contributed by atoms with Crippen LogP contribution in [-0.4, -0.2) is 66.7 Å². The van der Waals surface area contributed by atoms with Crippen LogP contribution in [-0.2, 0) is 16.6 Å². The molecule has 1 aromatic rings. The van der Waals surface area contributed by atoms with Crippen molar-refractivity contribution in [1.82, 2.24) is 24.7 Å². The smallest absolute Gasteiger partial charge is 0.356 e. The maximum Gasteiger partial charge on any atom is 0.511 e. The van der Waals surface area contributed by atoms with Gasteiger partial charge in [0, 0.05) is 51.7 Å². The predicted octanol–water partition coefficient (Wildman–Crippen LogP) is 0.752. The molecule has 0 aromatic carbocycles. The molecule has 2 N–H and O–H groups in total. The first-order valence-electron chi connectivity index (χ1n) is 8.25. The molecule has 8 nitrogen and oxygen atoms in total. The first-order chi connectivity index (χ1) is 12.2. The van der Waals surface area contributed by atoms with E-state index in [0.717, 1.165) is 13.0 Å². The lowest BCUT2D eigenvalue weighted by molar-refractivity contribution is -0.0494. The summed E-state index contributed by atoms with van der Waals surface area (Å²) in [6.07, 6.45) is 4.96. The van der Waals surface area contributed by atoms with Crippen LogP contribution in [0.5, 0.6) is 0 Å². The van der Waals surface area contributed by atoms with Crippen LogP contribution in [0.4, 0.5) is 13.2 Å². The fourth-order valence-corrected chi connectivity index (χ4v) is 3.64. The van der Waals surface area contributed by atoms with Crippen LogP contribution in [0.15, 0.2) is 23.5 Å². The van der Waals surface area contributed by atoms with Crippen LogP contribution < -0.4 is 10.6 Å². The molecule has 0 aliphatic carbocycles. The standard InChI is InChI=1S/C14H23F3N6O2S/c1-18-13(19-6-2-8-22-9-3-7-20-22)21-12-4-10-23(11-5-12)26(24,25)14(15,16)17/h3,7,9,12H,2,4-6,8,10-11H2,1H3,(H2,18,19,21). The second-order valence-electron chi connectivity index (χ2n) is 5.89. The van der Waals surface area contributed by atoms with Crippen molar-refractivity contribution in [3.63, 3.8) is 0 Å². The van der Waals surface area contributed by atoms with Gasteiger partial charge in [-0.25, -0.2) is 8.42 Å². The highest BCUT2D eigenvalue weighted by atomic mass is 32.2. The number of halogens is 3. The average Bonchev–Trinajstić information content (AvgIpc) is 3.10. The monoisotopic (exact) mass is 396 g/mol. The van der Waals surface area contributed by atoms with Crippen molar-refractivity contribution < 1.29 is 21.6 Å². The van der Waals surface area contributed by atoms with Gasteiger partial charge in [0.05, 0.1) is 0 Å². The van der Waals surface area contributed by atoms with Gasteiger partial charge in [-0.15, -0.1) is 0 Å². The number of guanidine groups is 1. The van der Waals surface area contributed by atoms with Crippen molar-refractivity contribution >= 4 is 16.0 Å². The van der Waals surface area contributed by atoms with E-state index in [0.29, 0.717) is 16.8 Å². The highest BCUT2D eigenvalue weighted by molar-refractivity contribution is 7.90. The van der Waals surface area contributed by atoms with Crippen molar-refractivity contribution in [2.45, 2.75) is 37.4 Å². The first-order valence-corrected chi connectivity index (χ1v) is 9.69. The summed E-state index contributed by atoms with van der Waals surface area (Å²) in [7, 11) is -3.64. The van der Waals surface area contributed by atoms with Gasteiger partial charge in [-0.2, -0.15) is 22.6 Å². The second-order valence-corrected chi connectivity index (χ2v) is 7.82. The topological polar surface area (TPSA) is 91.6 Å². The van der Waals surface area contributed by atoms with E-state index in [1.54, 1.807) is 13.2 Å². The first kappa shape index (κ1) is 20.5. The molecule has 1 aromatic heterocycles. The quantitative estimate of drug-likeness (QED) is 0.421. The molecule has 12 heteroatoms. The summed E-state index contributed by atoms with van der Waals surface area (Å²) in [6.45, 7) is 1.07. The fourth-order valence-electron chi connectivity index (χ4n) is 2.66. The van der Waals surface area contributed by atoms with Gasteiger partial charge in [0.25, 0.3) is 0 Å². The van der Waals surface area contributed by atoms with Gasteiger partial charge in [-0.1, -0.05) is 0 Å². The molecule has 1 aliphatic heterocycles. The predicted molar refractivity (Wildman–Crippen MR) is 90.9 cm³/mol. The molecule has 1 saturated heterocycles. The van der Waals surface area contributed by atoms with Crippen molar-refractivity contribution in [1.29, 1.82) is 0 Å². The summed E-state index contributed by atoms with van der Waals surface area (Å²) in [5, 5.41) is 10.4. The molecule has 0 unspecified atom stereocenters. The van der Waals surface area contributed by atoms with Crippen molar-refractivity contribution in [2.75, 3.05) is 26.7 Å². The highest BCUT2D eigenvalue weighted by Crippen LogP contribution is 2.28. The number of rotatable bonds is 6. The summed E-state index contributed by atoms with van der Waals surface area (Å²) in [4.78, 5) is 4.08. The van der Waals surface area contributed by atoms with Gasteiger partial charge < -0.3 is 10.6 Å². The number of aromatic nitrogens is 2. The summed E-state index contributed by atoms with van der Waals surface area (Å²) < 4.78 is 62.8. The molecule has 0 spiro atoms. The van der Waals surface area contributed by atoms with E-state index in [-0.39, 0.29) is 32.0 Å². The van der Waals surface area contributed by atoms with E-state index in [1.165, 1.54) is 0 Å². The molecule has 148 valence electrons. The van der Waals surface area contributed by atoms with Gasteiger partial charge in [-0.05, 0) is 25.3 Å². The number of hydrogen-bond acceptors (Lipinski definition) is 4. The minimum Gasteiger partial charge on any atom is -0.356 e. The fraction of sp³-hybridized carbons (Fsp3) is 0.714. The second kappa shape index (κ2) is 8.71. The number of nitrogens with zero attached hydrogens (tertiary/aromatic N) is 4. The Bertz CT molecular complexity index is 682. The van der Waals surface area contributed by atoms with Gasteiger partial charge in [-0.3, -0.25) is 9.67 Å². The minimum absolute atomic E-state index is 0.132. The molecule has 26 heavy (non-hydrogen) atoms. The number of aliphatic imine (C=N–C) groups is 1. The lowest BCUT2D eigenvalue weighted by Crippen LogP contribution is -2.51. The third-order valence-corrected chi connectivity index (χ3v) is 5.70. The van der Waals surface area contributed by atoms with E-state index in [9.17, 15) is 21.6 Å². The Hall–Kier alpha value is -1.82. The third kappa shape index (κ3) is 5.34. The van der Waals surface area contributed by atoms with Crippen LogP contribution in [0.3, 0.4) is 0 Å². The molecule has 2 heterocycles. The number of sulfonamides is 1. The van der Waals surface area contributed by atoms with E-state index in [4.69, 9.17) is 0 Å². The Labute approximate surface area is 150 Å². The Morgan fingerprint density at radius 1 is 1.35 bits per heavy atom. The summed E-state index contributed by atoms with van der Waals surface area (Å²) in [5.74, 6) is 0.544. The van der Waals surface area contributed by atoms with Gasteiger partial charge in [0.2, 0.25) is 0 Å². The molecule has 1 fully saturated rings. The zero-order valence-electron chi connectivity index (χ0n) is 14.4. The Kier molecular flexibility index (Phi) is 6.87. The lowest BCUT2D eigenvalue weighted by atomic mass is 10.1. The van der Waals surface area contributed by atoms with Gasteiger partial charge in [0.15, 0.2) is 5.96 Å². The van der Waals surface area contributed by atoms with E-state index >= 15 is 0 Å². The normalized spacial score (nSPS) is 18.1. The van der Waals surface area contributed by atoms with Crippen LogP contribution in [0.25, 0.3) is 0 Å². The number of piperidine rings is 1. The largest absolute Gasteiger partial charge is 0.511 e. The summed E-state index contributed by atoms with van der Waals surface area (Å²) >= 11 is 0. The van der Waals surface area contributed by atoms with E-state index < -0.39 is 15.5 Å². The Morgan fingerprint density at radius 3 is 2.58 bits per heavy atom. The van der Waals surface area contributed by atoms with Crippen LogP contribution in [0.2, 0.25) is 0 Å². The maximum atomic E-state index is 12.6. The maximum absolute atomic E-state index is 12.6. The van der Waals surface area contributed by atoms with Crippen molar-refractivity contribution in [2.24, 2.45) is 4.99 Å². The molecule has 0 amide bonds. The third-order valence-electron chi connectivity index (χ3n) is 4.07. The SMILES string of the molecule is CN=C(NCCCn1cccn1)NC1CCN(S(=O)(=O)C(F)(F)F)CC1. The van der Waals surface area contributed by atoms with E-state index in [2.05, 4.69) is 20.7 Å². The zero-order valence-corrected chi connectivity index (χ0v) is 15.2. The highest BCUT2D eigenvalue weighted by Gasteiger charge is 2.50.